The lowest BCUT2D eigenvalue weighted by molar-refractivity contribution is 0.0933. The van der Waals surface area contributed by atoms with Crippen LogP contribution < -0.4 is 14.8 Å². The molecule has 1 N–H and O–H groups in total. The van der Waals surface area contributed by atoms with Gasteiger partial charge < -0.3 is 14.8 Å². The highest BCUT2D eigenvalue weighted by molar-refractivity contribution is 7.98. The average Bonchev–Trinajstić information content (AvgIpc) is 3.21. The first-order valence-corrected chi connectivity index (χ1v) is 11.5. The Morgan fingerprint density at radius 1 is 1.23 bits per heavy atom. The number of nitrogens with one attached hydrogen (secondary N) is 1. The molecule has 1 unspecified atom stereocenters. The maximum atomic E-state index is 13.0. The van der Waals surface area contributed by atoms with Gasteiger partial charge in [0.05, 0.1) is 19.8 Å². The molecule has 3 rings (SSSR count). The summed E-state index contributed by atoms with van der Waals surface area (Å²) in [5, 5.41) is 11.7. The fourth-order valence-electron chi connectivity index (χ4n) is 3.10. The molecule has 1 aromatic carbocycles. The number of carbonyl (C=O) groups is 1. The Kier molecular flexibility index (Phi) is 7.96. The minimum atomic E-state index is -0.256. The van der Waals surface area contributed by atoms with E-state index in [1.807, 2.05) is 35.1 Å². The summed E-state index contributed by atoms with van der Waals surface area (Å²) in [6, 6.07) is 10.7. The van der Waals surface area contributed by atoms with E-state index >= 15 is 0 Å². The number of unbranched alkanes of at least 4 members (excludes halogenated alkanes) is 1. The topological polar surface area (TPSA) is 77.8 Å². The van der Waals surface area contributed by atoms with E-state index in [1.54, 1.807) is 37.1 Å². The highest BCUT2D eigenvalue weighted by Gasteiger charge is 2.21. The molecule has 0 radical (unpaired) electrons. The van der Waals surface area contributed by atoms with E-state index in [4.69, 9.17) is 9.47 Å². The van der Waals surface area contributed by atoms with Gasteiger partial charge in [-0.2, -0.15) is 11.8 Å². The Bertz CT molecular complexity index is 976. The number of thioether (sulfide) groups is 1. The summed E-state index contributed by atoms with van der Waals surface area (Å²) in [5.74, 6) is 2.61. The predicted molar refractivity (Wildman–Crippen MR) is 120 cm³/mol. The standard InChI is InChI=1S/C22H28N4O3S/c1-4-5-13-29-18-10-9-16(15-19(18)28-2)22(27)23-17(11-14-30-3)21-25-24-20-8-6-7-12-26(20)21/h6-10,12,15,17H,4-5,11,13-14H2,1-3H3,(H,23,27). The van der Waals surface area contributed by atoms with Gasteiger partial charge in [0.25, 0.3) is 5.91 Å². The summed E-state index contributed by atoms with van der Waals surface area (Å²) < 4.78 is 13.1. The Labute approximate surface area is 181 Å². The van der Waals surface area contributed by atoms with Crippen molar-refractivity contribution in [3.05, 3.63) is 54.0 Å². The highest BCUT2D eigenvalue weighted by atomic mass is 32.2. The molecule has 2 aromatic heterocycles. The summed E-state index contributed by atoms with van der Waals surface area (Å²) in [5.41, 5.74) is 1.27. The number of rotatable bonds is 11. The Morgan fingerprint density at radius 2 is 2.10 bits per heavy atom. The molecule has 0 fully saturated rings. The predicted octanol–water partition coefficient (Wildman–Crippen LogP) is 4.14. The summed E-state index contributed by atoms with van der Waals surface area (Å²) in [6.45, 7) is 2.73. The molecule has 160 valence electrons. The molecule has 0 saturated heterocycles. The van der Waals surface area contributed by atoms with Gasteiger partial charge in [0.15, 0.2) is 23.0 Å². The second-order valence-corrected chi connectivity index (χ2v) is 7.85. The molecular weight excluding hydrogens is 400 g/mol. The normalized spacial score (nSPS) is 12.0. The number of fused-ring (bicyclic) bond motifs is 1. The molecule has 0 aliphatic carbocycles. The van der Waals surface area contributed by atoms with Gasteiger partial charge >= 0.3 is 0 Å². The molecule has 7 nitrogen and oxygen atoms in total. The van der Waals surface area contributed by atoms with Crippen molar-refractivity contribution in [2.75, 3.05) is 25.7 Å². The molecule has 0 saturated carbocycles. The van der Waals surface area contributed by atoms with Crippen LogP contribution in [0, 0.1) is 0 Å². The van der Waals surface area contributed by atoms with Crippen LogP contribution in [0.25, 0.3) is 5.65 Å². The third-order valence-electron chi connectivity index (χ3n) is 4.75. The van der Waals surface area contributed by atoms with Crippen molar-refractivity contribution in [1.29, 1.82) is 0 Å². The van der Waals surface area contributed by atoms with E-state index in [1.165, 1.54) is 0 Å². The molecular formula is C22H28N4O3S. The van der Waals surface area contributed by atoms with Crippen molar-refractivity contribution < 1.29 is 14.3 Å². The smallest absolute Gasteiger partial charge is 0.252 e. The quantitative estimate of drug-likeness (QED) is 0.463. The number of methoxy groups -OCH3 is 1. The van der Waals surface area contributed by atoms with Crippen LogP contribution in [0.1, 0.15) is 48.4 Å². The molecule has 3 aromatic rings. The number of ether oxygens (including phenoxy) is 2. The van der Waals surface area contributed by atoms with Crippen LogP contribution in [-0.4, -0.2) is 46.2 Å². The first-order chi connectivity index (χ1) is 14.7. The van der Waals surface area contributed by atoms with Gasteiger partial charge in [-0.3, -0.25) is 9.20 Å². The van der Waals surface area contributed by atoms with Crippen molar-refractivity contribution in [2.45, 2.75) is 32.2 Å². The molecule has 0 spiro atoms. The number of carbonyl (C=O) groups excluding carboxylic acids is 1. The van der Waals surface area contributed by atoms with Gasteiger partial charge in [0, 0.05) is 11.8 Å². The Hall–Kier alpha value is -2.74. The zero-order valence-electron chi connectivity index (χ0n) is 17.6. The van der Waals surface area contributed by atoms with Crippen LogP contribution in [0.4, 0.5) is 0 Å². The summed E-state index contributed by atoms with van der Waals surface area (Å²) in [6.07, 6.45) is 6.72. The fourth-order valence-corrected chi connectivity index (χ4v) is 3.57. The SMILES string of the molecule is CCCCOc1ccc(C(=O)NC(CCSC)c2nnc3ccccn23)cc1OC. The number of benzene rings is 1. The highest BCUT2D eigenvalue weighted by Crippen LogP contribution is 2.29. The van der Waals surface area contributed by atoms with Gasteiger partial charge in [0.1, 0.15) is 0 Å². The molecule has 0 aliphatic rings. The van der Waals surface area contributed by atoms with Crippen LogP contribution in [0.3, 0.4) is 0 Å². The molecule has 1 atom stereocenters. The number of amides is 1. The fraction of sp³-hybridized carbons (Fsp3) is 0.409. The van der Waals surface area contributed by atoms with Gasteiger partial charge in [-0.15, -0.1) is 10.2 Å². The van der Waals surface area contributed by atoms with Crippen LogP contribution in [0.2, 0.25) is 0 Å². The van der Waals surface area contributed by atoms with Gasteiger partial charge in [-0.05, 0) is 55.2 Å². The monoisotopic (exact) mass is 428 g/mol. The van der Waals surface area contributed by atoms with E-state index in [9.17, 15) is 4.79 Å². The number of pyridine rings is 1. The largest absolute Gasteiger partial charge is 0.493 e. The Morgan fingerprint density at radius 3 is 2.87 bits per heavy atom. The molecule has 2 heterocycles. The molecule has 1 amide bonds. The van der Waals surface area contributed by atoms with E-state index in [0.717, 1.165) is 36.5 Å². The maximum absolute atomic E-state index is 13.0. The lowest BCUT2D eigenvalue weighted by atomic mass is 10.1. The van der Waals surface area contributed by atoms with Crippen molar-refractivity contribution in [3.8, 4) is 11.5 Å². The zero-order chi connectivity index (χ0) is 21.3. The van der Waals surface area contributed by atoms with Gasteiger partial charge in [-0.1, -0.05) is 19.4 Å². The summed E-state index contributed by atoms with van der Waals surface area (Å²) >= 11 is 1.73. The lowest BCUT2D eigenvalue weighted by Crippen LogP contribution is -2.30. The number of aromatic nitrogens is 3. The number of hydrogen-bond acceptors (Lipinski definition) is 6. The van der Waals surface area contributed by atoms with Crippen LogP contribution in [0.5, 0.6) is 11.5 Å². The van der Waals surface area contributed by atoms with Crippen LogP contribution in [-0.2, 0) is 0 Å². The summed E-state index contributed by atoms with van der Waals surface area (Å²) in [4.78, 5) is 13.0. The first kappa shape index (κ1) is 22.0. The average molecular weight is 429 g/mol. The molecule has 0 bridgehead atoms. The minimum Gasteiger partial charge on any atom is -0.493 e. The third kappa shape index (κ3) is 5.24. The Balaban J connectivity index is 1.80. The van der Waals surface area contributed by atoms with Crippen LogP contribution in [0.15, 0.2) is 42.6 Å². The van der Waals surface area contributed by atoms with Crippen molar-refractivity contribution in [1.82, 2.24) is 19.9 Å². The number of hydrogen-bond donors (Lipinski definition) is 1. The van der Waals surface area contributed by atoms with E-state index in [0.29, 0.717) is 23.7 Å². The third-order valence-corrected chi connectivity index (χ3v) is 5.39. The second kappa shape index (κ2) is 10.9. The van der Waals surface area contributed by atoms with Crippen molar-refractivity contribution in [2.24, 2.45) is 0 Å². The maximum Gasteiger partial charge on any atom is 0.252 e. The minimum absolute atomic E-state index is 0.188. The van der Waals surface area contributed by atoms with Crippen molar-refractivity contribution >= 4 is 23.3 Å². The second-order valence-electron chi connectivity index (χ2n) is 6.86. The molecule has 30 heavy (non-hydrogen) atoms. The van der Waals surface area contributed by atoms with E-state index in [-0.39, 0.29) is 11.9 Å². The molecule has 0 aliphatic heterocycles. The molecule has 8 heteroatoms. The lowest BCUT2D eigenvalue weighted by Gasteiger charge is -2.18. The van der Waals surface area contributed by atoms with Gasteiger partial charge in [0.2, 0.25) is 0 Å². The van der Waals surface area contributed by atoms with Gasteiger partial charge in [-0.25, -0.2) is 0 Å². The zero-order valence-corrected chi connectivity index (χ0v) is 18.4. The summed E-state index contributed by atoms with van der Waals surface area (Å²) in [7, 11) is 1.58. The van der Waals surface area contributed by atoms with E-state index < -0.39 is 0 Å². The number of nitrogens with zero attached hydrogens (tertiary/aromatic N) is 3. The van der Waals surface area contributed by atoms with Crippen molar-refractivity contribution in [3.63, 3.8) is 0 Å². The van der Waals surface area contributed by atoms with E-state index in [2.05, 4.69) is 22.4 Å². The first-order valence-electron chi connectivity index (χ1n) is 10.1. The van der Waals surface area contributed by atoms with Crippen LogP contribution >= 0.6 is 11.8 Å².